The maximum absolute atomic E-state index is 14.5. The molecule has 8 heteroatoms. The van der Waals surface area contributed by atoms with Crippen LogP contribution in [0.25, 0.3) is 0 Å². The summed E-state index contributed by atoms with van der Waals surface area (Å²) < 4.78 is 0. The fourth-order valence-electron chi connectivity index (χ4n) is 6.68. The zero-order valence-corrected chi connectivity index (χ0v) is 26.0. The Bertz CT molecular complexity index is 1270. The lowest BCUT2D eigenvalue weighted by molar-refractivity contribution is -0.158. The Hall–Kier alpha value is -3.39. The van der Waals surface area contributed by atoms with Crippen LogP contribution in [0.5, 0.6) is 0 Å². The van der Waals surface area contributed by atoms with Crippen LogP contribution in [0.4, 0.5) is 5.69 Å². The van der Waals surface area contributed by atoms with Gasteiger partial charge in [-0.25, -0.2) is 0 Å². The van der Waals surface area contributed by atoms with Crippen LogP contribution in [0, 0.1) is 11.8 Å². The first-order chi connectivity index (χ1) is 19.9. The highest BCUT2D eigenvalue weighted by Gasteiger charge is 2.49. The van der Waals surface area contributed by atoms with Gasteiger partial charge in [0.25, 0.3) is 0 Å². The van der Waals surface area contributed by atoms with Crippen molar-refractivity contribution < 1.29 is 14.4 Å². The predicted molar refractivity (Wildman–Crippen MR) is 166 cm³/mol. The van der Waals surface area contributed by atoms with Crippen molar-refractivity contribution in [3.63, 3.8) is 0 Å². The highest BCUT2D eigenvalue weighted by atomic mass is 16.2. The second-order valence-corrected chi connectivity index (χ2v) is 13.8. The molecule has 3 amide bonds. The van der Waals surface area contributed by atoms with Gasteiger partial charge in [-0.1, -0.05) is 50.2 Å². The molecule has 8 nitrogen and oxygen atoms in total. The van der Waals surface area contributed by atoms with E-state index in [0.29, 0.717) is 6.42 Å². The number of hydrogen-bond donors (Lipinski definition) is 2. The van der Waals surface area contributed by atoms with E-state index in [0.717, 1.165) is 50.3 Å². The van der Waals surface area contributed by atoms with Crippen molar-refractivity contribution >= 4 is 23.4 Å². The van der Waals surface area contributed by atoms with E-state index in [4.69, 9.17) is 0 Å². The van der Waals surface area contributed by atoms with Crippen LogP contribution in [0.15, 0.2) is 48.5 Å². The normalized spacial score (nSPS) is 22.7. The molecule has 3 aliphatic rings. The van der Waals surface area contributed by atoms with Crippen molar-refractivity contribution in [1.29, 1.82) is 0 Å². The Morgan fingerprint density at radius 1 is 0.952 bits per heavy atom. The lowest BCUT2D eigenvalue weighted by atomic mass is 9.87. The molecule has 0 bridgehead atoms. The molecule has 42 heavy (non-hydrogen) atoms. The molecule has 2 aliphatic heterocycles. The van der Waals surface area contributed by atoms with Gasteiger partial charge in [-0.3, -0.25) is 14.4 Å². The topological polar surface area (TPSA) is 85.0 Å². The van der Waals surface area contributed by atoms with Gasteiger partial charge in [0, 0.05) is 37.4 Å². The Kier molecular flexibility index (Phi) is 8.65. The van der Waals surface area contributed by atoms with Gasteiger partial charge in [-0.05, 0) is 87.7 Å². The third kappa shape index (κ3) is 6.48. The van der Waals surface area contributed by atoms with Crippen molar-refractivity contribution in [3.05, 3.63) is 65.2 Å². The first-order valence-electron chi connectivity index (χ1n) is 15.5. The molecule has 0 aromatic heterocycles. The number of anilines is 1. The summed E-state index contributed by atoms with van der Waals surface area (Å²) in [5.41, 5.74) is 3.77. The SMILES string of the molecule is CC(C)C[C@@H]1C(=O)N[C@H](C2Cc3ccccc3C2)C(=O)N1[C@@H](C(=O)NC(C)(C)C)c1ccc(N2CCN(C)CC2)cc1. The number of piperazine rings is 2. The molecule has 5 rings (SSSR count). The second kappa shape index (κ2) is 12.1. The van der Waals surface area contributed by atoms with E-state index in [9.17, 15) is 14.4 Å². The van der Waals surface area contributed by atoms with Gasteiger partial charge in [0.2, 0.25) is 17.7 Å². The maximum atomic E-state index is 14.5. The van der Waals surface area contributed by atoms with E-state index < -0.39 is 23.7 Å². The lowest BCUT2D eigenvalue weighted by Gasteiger charge is -2.45. The third-order valence-electron chi connectivity index (χ3n) is 8.81. The standard InChI is InChI=1S/C34H47N5O3/c1-22(2)19-28-31(40)35-29(26-20-24-9-7-8-10-25(24)21-26)33(42)39(28)30(32(41)36-34(3,4)5)23-11-13-27(14-12-23)38-17-15-37(6)16-18-38/h7-14,22,26,28-30H,15-21H2,1-6H3,(H,35,40)(H,36,41)/t28-,29-,30-/m1/s1. The zero-order valence-electron chi connectivity index (χ0n) is 26.0. The summed E-state index contributed by atoms with van der Waals surface area (Å²) in [6.07, 6.45) is 1.94. The molecule has 2 aromatic rings. The number of carbonyl (C=O) groups excluding carboxylic acids is 3. The van der Waals surface area contributed by atoms with Crippen LogP contribution >= 0.6 is 0 Å². The Morgan fingerprint density at radius 2 is 1.55 bits per heavy atom. The Balaban J connectivity index is 1.51. The van der Waals surface area contributed by atoms with Gasteiger partial charge in [0.05, 0.1) is 0 Å². The predicted octanol–water partition coefficient (Wildman–Crippen LogP) is 3.55. The molecule has 1 aliphatic carbocycles. The van der Waals surface area contributed by atoms with Crippen molar-refractivity contribution in [2.24, 2.45) is 11.8 Å². The third-order valence-corrected chi connectivity index (χ3v) is 8.81. The van der Waals surface area contributed by atoms with Crippen LogP contribution in [0.2, 0.25) is 0 Å². The van der Waals surface area contributed by atoms with Gasteiger partial charge in [0.15, 0.2) is 0 Å². The fourth-order valence-corrected chi connectivity index (χ4v) is 6.68. The van der Waals surface area contributed by atoms with E-state index in [-0.39, 0.29) is 29.6 Å². The molecule has 2 heterocycles. The molecule has 2 N–H and O–H groups in total. The van der Waals surface area contributed by atoms with Crippen molar-refractivity contribution in [1.82, 2.24) is 20.4 Å². The first kappa shape index (κ1) is 30.1. The monoisotopic (exact) mass is 573 g/mol. The average molecular weight is 574 g/mol. The fraction of sp³-hybridized carbons (Fsp3) is 0.559. The molecule has 0 radical (unpaired) electrons. The lowest BCUT2D eigenvalue weighted by Crippen LogP contribution is -2.67. The van der Waals surface area contributed by atoms with Gasteiger partial charge >= 0.3 is 0 Å². The summed E-state index contributed by atoms with van der Waals surface area (Å²) in [5.74, 6) is -0.496. The molecule has 2 fully saturated rings. The highest BCUT2D eigenvalue weighted by Crippen LogP contribution is 2.36. The molecular formula is C34H47N5O3. The van der Waals surface area contributed by atoms with Gasteiger partial charge in [-0.2, -0.15) is 0 Å². The molecule has 0 unspecified atom stereocenters. The zero-order chi connectivity index (χ0) is 30.2. The van der Waals surface area contributed by atoms with Gasteiger partial charge < -0.3 is 25.3 Å². The molecule has 0 saturated carbocycles. The summed E-state index contributed by atoms with van der Waals surface area (Å²) in [5, 5.41) is 6.23. The number of carbonyl (C=O) groups is 3. The van der Waals surface area contributed by atoms with E-state index in [1.807, 2.05) is 58.9 Å². The van der Waals surface area contributed by atoms with Crippen molar-refractivity contribution in [2.75, 3.05) is 38.1 Å². The van der Waals surface area contributed by atoms with E-state index in [1.165, 1.54) is 11.1 Å². The number of rotatable bonds is 7. The Labute approximate surface area is 250 Å². The van der Waals surface area contributed by atoms with Gasteiger partial charge in [0.1, 0.15) is 18.1 Å². The highest BCUT2D eigenvalue weighted by molar-refractivity contribution is 6.00. The minimum absolute atomic E-state index is 0.0488. The van der Waals surface area contributed by atoms with Crippen LogP contribution in [-0.2, 0) is 27.2 Å². The van der Waals surface area contributed by atoms with E-state index in [1.54, 1.807) is 4.90 Å². The smallest absolute Gasteiger partial charge is 0.247 e. The summed E-state index contributed by atoms with van der Waals surface area (Å²) in [6.45, 7) is 13.8. The summed E-state index contributed by atoms with van der Waals surface area (Å²) in [6, 6.07) is 14.0. The van der Waals surface area contributed by atoms with Crippen LogP contribution in [0.1, 0.15) is 63.8 Å². The number of likely N-dealkylation sites (N-methyl/N-ethyl adjacent to an activating group) is 1. The van der Waals surface area contributed by atoms with Gasteiger partial charge in [-0.15, -0.1) is 0 Å². The van der Waals surface area contributed by atoms with Crippen LogP contribution < -0.4 is 15.5 Å². The summed E-state index contributed by atoms with van der Waals surface area (Å²) in [7, 11) is 2.13. The van der Waals surface area contributed by atoms with Crippen LogP contribution in [-0.4, -0.2) is 78.4 Å². The Morgan fingerprint density at radius 3 is 2.10 bits per heavy atom. The summed E-state index contributed by atoms with van der Waals surface area (Å²) >= 11 is 0. The minimum atomic E-state index is -0.917. The molecular weight excluding hydrogens is 526 g/mol. The minimum Gasteiger partial charge on any atom is -0.369 e. The second-order valence-electron chi connectivity index (χ2n) is 13.8. The van der Waals surface area contributed by atoms with E-state index in [2.05, 4.69) is 51.7 Å². The van der Waals surface area contributed by atoms with Crippen molar-refractivity contribution in [2.45, 2.75) is 77.5 Å². The van der Waals surface area contributed by atoms with Crippen molar-refractivity contribution in [3.8, 4) is 0 Å². The number of nitrogens with one attached hydrogen (secondary N) is 2. The quantitative estimate of drug-likeness (QED) is 0.529. The number of amides is 3. The first-order valence-corrected chi connectivity index (χ1v) is 15.5. The molecule has 2 aromatic carbocycles. The summed E-state index contributed by atoms with van der Waals surface area (Å²) in [4.78, 5) is 48.8. The maximum Gasteiger partial charge on any atom is 0.247 e. The number of fused-ring (bicyclic) bond motifs is 1. The van der Waals surface area contributed by atoms with Crippen LogP contribution in [0.3, 0.4) is 0 Å². The molecule has 3 atom stereocenters. The average Bonchev–Trinajstić information content (AvgIpc) is 3.36. The number of hydrogen-bond acceptors (Lipinski definition) is 5. The molecule has 2 saturated heterocycles. The number of benzene rings is 2. The largest absolute Gasteiger partial charge is 0.369 e. The van der Waals surface area contributed by atoms with E-state index >= 15 is 0 Å². The molecule has 0 spiro atoms. The number of nitrogens with zero attached hydrogens (tertiary/aromatic N) is 3. The molecule has 226 valence electrons.